The quantitative estimate of drug-likeness (QED) is 0.755. The SMILES string of the molecule is CC(C)(CNC(=O)c1cccc(S(=O)(=O)N2CCOCC2)c1)c1ccc(Cl)cc1. The molecule has 29 heavy (non-hydrogen) atoms. The molecule has 0 radical (unpaired) electrons. The van der Waals surface area contributed by atoms with Crippen molar-refractivity contribution in [2.75, 3.05) is 32.8 Å². The molecule has 0 atom stereocenters. The van der Waals surface area contributed by atoms with Crippen molar-refractivity contribution in [2.24, 2.45) is 0 Å². The highest BCUT2D eigenvalue weighted by molar-refractivity contribution is 7.89. The molecule has 3 rings (SSSR count). The van der Waals surface area contributed by atoms with Crippen LogP contribution in [0.5, 0.6) is 0 Å². The summed E-state index contributed by atoms with van der Waals surface area (Å²) >= 11 is 5.95. The lowest BCUT2D eigenvalue weighted by Crippen LogP contribution is -2.40. The number of morpholine rings is 1. The van der Waals surface area contributed by atoms with E-state index in [-0.39, 0.29) is 16.2 Å². The second kappa shape index (κ2) is 8.83. The minimum Gasteiger partial charge on any atom is -0.379 e. The molecule has 0 aromatic heterocycles. The number of carbonyl (C=O) groups is 1. The zero-order chi connectivity index (χ0) is 21.1. The molecule has 1 amide bonds. The van der Waals surface area contributed by atoms with Crippen LogP contribution in [-0.4, -0.2) is 51.5 Å². The van der Waals surface area contributed by atoms with Gasteiger partial charge in [-0.05, 0) is 35.9 Å². The fraction of sp³-hybridized carbons (Fsp3) is 0.381. The Morgan fingerprint density at radius 1 is 1.14 bits per heavy atom. The molecule has 156 valence electrons. The Morgan fingerprint density at radius 2 is 1.79 bits per heavy atom. The fourth-order valence-electron chi connectivity index (χ4n) is 3.14. The molecule has 1 aliphatic heterocycles. The second-order valence-corrected chi connectivity index (χ2v) is 9.99. The largest absolute Gasteiger partial charge is 0.379 e. The molecule has 0 aliphatic carbocycles. The van der Waals surface area contributed by atoms with Crippen LogP contribution in [0, 0.1) is 0 Å². The van der Waals surface area contributed by atoms with Gasteiger partial charge in [0.05, 0.1) is 18.1 Å². The summed E-state index contributed by atoms with van der Waals surface area (Å²) in [5.74, 6) is -0.314. The summed E-state index contributed by atoms with van der Waals surface area (Å²) in [6, 6.07) is 13.7. The maximum Gasteiger partial charge on any atom is 0.251 e. The Hall–Kier alpha value is -1.93. The van der Waals surface area contributed by atoms with Crippen molar-refractivity contribution in [1.82, 2.24) is 9.62 Å². The van der Waals surface area contributed by atoms with Crippen LogP contribution in [0.4, 0.5) is 0 Å². The minimum atomic E-state index is -3.65. The van der Waals surface area contributed by atoms with Crippen LogP contribution in [0.25, 0.3) is 0 Å². The summed E-state index contributed by atoms with van der Waals surface area (Å²) in [4.78, 5) is 12.8. The van der Waals surface area contributed by atoms with Gasteiger partial charge in [-0.2, -0.15) is 4.31 Å². The standard InChI is InChI=1S/C21H25ClN2O4S/c1-21(2,17-6-8-18(22)9-7-17)15-23-20(25)16-4-3-5-19(14-16)29(26,27)24-10-12-28-13-11-24/h3-9,14H,10-13,15H2,1-2H3,(H,23,25). The number of amides is 1. The van der Waals surface area contributed by atoms with Crippen molar-refractivity contribution in [3.63, 3.8) is 0 Å². The molecular formula is C21H25ClN2O4S. The molecule has 6 nitrogen and oxygen atoms in total. The molecule has 2 aromatic carbocycles. The summed E-state index contributed by atoms with van der Waals surface area (Å²) in [5.41, 5.74) is 1.05. The van der Waals surface area contributed by atoms with Gasteiger partial charge in [-0.15, -0.1) is 0 Å². The van der Waals surface area contributed by atoms with Gasteiger partial charge in [0, 0.05) is 35.6 Å². The first kappa shape index (κ1) is 21.8. The lowest BCUT2D eigenvalue weighted by molar-refractivity contribution is 0.0730. The molecule has 2 aromatic rings. The van der Waals surface area contributed by atoms with Gasteiger partial charge in [-0.1, -0.05) is 43.6 Å². The lowest BCUT2D eigenvalue weighted by Gasteiger charge is -2.26. The Balaban J connectivity index is 1.71. The Kier molecular flexibility index (Phi) is 6.63. The van der Waals surface area contributed by atoms with Crippen LogP contribution in [0.1, 0.15) is 29.8 Å². The van der Waals surface area contributed by atoms with E-state index in [0.29, 0.717) is 43.4 Å². The average Bonchev–Trinajstić information content (AvgIpc) is 2.73. The number of carbonyl (C=O) groups excluding carboxylic acids is 1. The van der Waals surface area contributed by atoms with Gasteiger partial charge in [0.15, 0.2) is 0 Å². The van der Waals surface area contributed by atoms with Crippen molar-refractivity contribution in [1.29, 1.82) is 0 Å². The number of ether oxygens (including phenoxy) is 1. The van der Waals surface area contributed by atoms with E-state index < -0.39 is 10.0 Å². The predicted octanol–water partition coefficient (Wildman–Crippen LogP) is 3.07. The van der Waals surface area contributed by atoms with Gasteiger partial charge >= 0.3 is 0 Å². The lowest BCUT2D eigenvalue weighted by atomic mass is 9.84. The van der Waals surface area contributed by atoms with Crippen LogP contribution in [-0.2, 0) is 20.2 Å². The zero-order valence-corrected chi connectivity index (χ0v) is 18.1. The summed E-state index contributed by atoms with van der Waals surface area (Å²) in [5, 5.41) is 3.57. The number of sulfonamides is 1. The molecule has 1 heterocycles. The minimum absolute atomic E-state index is 0.115. The average molecular weight is 437 g/mol. The third-order valence-electron chi connectivity index (χ3n) is 5.02. The van der Waals surface area contributed by atoms with E-state index in [2.05, 4.69) is 5.32 Å². The van der Waals surface area contributed by atoms with Crippen molar-refractivity contribution in [2.45, 2.75) is 24.2 Å². The number of nitrogens with zero attached hydrogens (tertiary/aromatic N) is 1. The molecule has 1 saturated heterocycles. The number of hydrogen-bond acceptors (Lipinski definition) is 4. The molecule has 1 N–H and O–H groups in total. The van der Waals surface area contributed by atoms with Crippen LogP contribution >= 0.6 is 11.6 Å². The highest BCUT2D eigenvalue weighted by Crippen LogP contribution is 2.24. The molecule has 8 heteroatoms. The molecule has 0 saturated carbocycles. The summed E-state index contributed by atoms with van der Waals surface area (Å²) in [6.45, 7) is 5.82. The fourth-order valence-corrected chi connectivity index (χ4v) is 4.72. The van der Waals surface area contributed by atoms with E-state index in [1.807, 2.05) is 38.1 Å². The number of hydrogen-bond donors (Lipinski definition) is 1. The van der Waals surface area contributed by atoms with E-state index in [1.54, 1.807) is 12.1 Å². The number of benzene rings is 2. The maximum atomic E-state index is 12.8. The van der Waals surface area contributed by atoms with Gasteiger partial charge in [0.1, 0.15) is 0 Å². The number of nitrogens with one attached hydrogen (secondary N) is 1. The summed E-state index contributed by atoms with van der Waals surface area (Å²) in [7, 11) is -3.65. The second-order valence-electron chi connectivity index (χ2n) is 7.62. The topological polar surface area (TPSA) is 75.7 Å². The molecule has 0 spiro atoms. The van der Waals surface area contributed by atoms with E-state index in [9.17, 15) is 13.2 Å². The third-order valence-corrected chi connectivity index (χ3v) is 7.17. The van der Waals surface area contributed by atoms with E-state index in [4.69, 9.17) is 16.3 Å². The summed E-state index contributed by atoms with van der Waals surface area (Å²) in [6.07, 6.45) is 0. The normalized spacial score (nSPS) is 15.8. The van der Waals surface area contributed by atoms with Gasteiger partial charge in [0.25, 0.3) is 5.91 Å². The molecule has 1 fully saturated rings. The van der Waals surface area contributed by atoms with Crippen LogP contribution in [0.3, 0.4) is 0 Å². The Labute approximate surface area is 176 Å². The Bertz CT molecular complexity index is 968. The third kappa shape index (κ3) is 5.17. The number of rotatable bonds is 6. The highest BCUT2D eigenvalue weighted by Gasteiger charge is 2.27. The van der Waals surface area contributed by atoms with E-state index in [0.717, 1.165) is 5.56 Å². The van der Waals surface area contributed by atoms with Gasteiger partial charge in [-0.25, -0.2) is 8.42 Å². The monoisotopic (exact) mass is 436 g/mol. The van der Waals surface area contributed by atoms with Gasteiger partial charge < -0.3 is 10.1 Å². The van der Waals surface area contributed by atoms with Crippen molar-refractivity contribution in [3.8, 4) is 0 Å². The first-order valence-corrected chi connectivity index (χ1v) is 11.2. The van der Waals surface area contributed by atoms with Crippen molar-refractivity contribution >= 4 is 27.5 Å². The summed E-state index contributed by atoms with van der Waals surface area (Å²) < 4.78 is 32.2. The van der Waals surface area contributed by atoms with Crippen LogP contribution < -0.4 is 5.32 Å². The predicted molar refractivity (Wildman–Crippen MR) is 113 cm³/mol. The van der Waals surface area contributed by atoms with Gasteiger partial charge in [-0.3, -0.25) is 4.79 Å². The van der Waals surface area contributed by atoms with Crippen LogP contribution in [0.2, 0.25) is 5.02 Å². The molecule has 1 aliphatic rings. The van der Waals surface area contributed by atoms with Crippen molar-refractivity contribution in [3.05, 3.63) is 64.7 Å². The Morgan fingerprint density at radius 3 is 2.45 bits per heavy atom. The first-order chi connectivity index (χ1) is 13.7. The van der Waals surface area contributed by atoms with Crippen LogP contribution in [0.15, 0.2) is 53.4 Å². The van der Waals surface area contributed by atoms with E-state index >= 15 is 0 Å². The first-order valence-electron chi connectivity index (χ1n) is 9.42. The van der Waals surface area contributed by atoms with Gasteiger partial charge in [0.2, 0.25) is 10.0 Å². The van der Waals surface area contributed by atoms with E-state index in [1.165, 1.54) is 16.4 Å². The van der Waals surface area contributed by atoms with Crippen molar-refractivity contribution < 1.29 is 17.9 Å². The highest BCUT2D eigenvalue weighted by atomic mass is 35.5. The maximum absolute atomic E-state index is 12.8. The smallest absolute Gasteiger partial charge is 0.251 e. The number of halogens is 1. The zero-order valence-electron chi connectivity index (χ0n) is 16.5. The molecule has 0 unspecified atom stereocenters. The molecular weight excluding hydrogens is 412 g/mol. The molecule has 0 bridgehead atoms.